The van der Waals surface area contributed by atoms with Gasteiger partial charge in [0.05, 0.1) is 33.0 Å². The van der Waals surface area contributed by atoms with Crippen molar-refractivity contribution >= 4 is 6.09 Å². The Kier molecular flexibility index (Phi) is 8.83. The van der Waals surface area contributed by atoms with Crippen molar-refractivity contribution in [3.63, 3.8) is 0 Å². The second-order valence-electron chi connectivity index (χ2n) is 6.90. The van der Waals surface area contributed by atoms with Crippen LogP contribution in [0.2, 0.25) is 0 Å². The molecule has 0 aliphatic heterocycles. The van der Waals surface area contributed by atoms with E-state index in [-0.39, 0.29) is 11.6 Å². The molecule has 0 saturated heterocycles. The third-order valence-electron chi connectivity index (χ3n) is 3.86. The second kappa shape index (κ2) is 10.1. The lowest BCUT2D eigenvalue weighted by Gasteiger charge is -2.47. The first-order valence-corrected chi connectivity index (χ1v) is 8.31. The SMILES string of the molecule is CC(C)(C)N(C(=O)O)C1CC(COCCOCCOCCN)C1. The number of carboxylic acid groups (broad SMARTS) is 1. The van der Waals surface area contributed by atoms with Crippen molar-refractivity contribution in [1.82, 2.24) is 4.90 Å². The normalized spacial score (nSPS) is 21.0. The zero-order chi connectivity index (χ0) is 17.3. The van der Waals surface area contributed by atoms with Gasteiger partial charge in [-0.25, -0.2) is 4.79 Å². The molecule has 1 saturated carbocycles. The minimum absolute atomic E-state index is 0.108. The lowest BCUT2D eigenvalue weighted by Crippen LogP contribution is -2.56. The number of hydrogen-bond donors (Lipinski definition) is 2. The monoisotopic (exact) mass is 332 g/mol. The highest BCUT2D eigenvalue weighted by Crippen LogP contribution is 2.35. The fourth-order valence-electron chi connectivity index (χ4n) is 2.81. The highest BCUT2D eigenvalue weighted by molar-refractivity contribution is 5.66. The Labute approximate surface area is 139 Å². The van der Waals surface area contributed by atoms with Crippen LogP contribution in [0, 0.1) is 5.92 Å². The van der Waals surface area contributed by atoms with Crippen LogP contribution >= 0.6 is 0 Å². The van der Waals surface area contributed by atoms with Crippen molar-refractivity contribution in [3.05, 3.63) is 0 Å². The standard InChI is InChI=1S/C16H32N2O5/c1-16(2,3)18(15(19)20)14-10-13(11-14)12-23-9-8-22-7-6-21-5-4-17/h13-14H,4-12,17H2,1-3H3,(H,19,20). The van der Waals surface area contributed by atoms with Gasteiger partial charge in [0, 0.05) is 24.7 Å². The van der Waals surface area contributed by atoms with E-state index in [1.807, 2.05) is 20.8 Å². The van der Waals surface area contributed by atoms with Gasteiger partial charge in [-0.15, -0.1) is 0 Å². The minimum atomic E-state index is -0.841. The van der Waals surface area contributed by atoms with Gasteiger partial charge in [0.2, 0.25) is 0 Å². The van der Waals surface area contributed by atoms with E-state index >= 15 is 0 Å². The number of nitrogens with two attached hydrogens (primary N) is 1. The van der Waals surface area contributed by atoms with E-state index in [0.29, 0.717) is 52.1 Å². The van der Waals surface area contributed by atoms with Crippen LogP contribution in [-0.2, 0) is 14.2 Å². The summed E-state index contributed by atoms with van der Waals surface area (Å²) in [7, 11) is 0. The van der Waals surface area contributed by atoms with E-state index in [2.05, 4.69) is 0 Å². The summed E-state index contributed by atoms with van der Waals surface area (Å²) in [5, 5.41) is 9.34. The second-order valence-corrected chi connectivity index (χ2v) is 6.90. The Morgan fingerprint density at radius 3 is 2.09 bits per heavy atom. The molecule has 0 radical (unpaired) electrons. The Hall–Kier alpha value is -0.890. The first kappa shape index (κ1) is 20.2. The Morgan fingerprint density at radius 1 is 1.09 bits per heavy atom. The topological polar surface area (TPSA) is 94.3 Å². The average molecular weight is 332 g/mol. The molecule has 7 nitrogen and oxygen atoms in total. The van der Waals surface area contributed by atoms with Gasteiger partial charge in [0.25, 0.3) is 0 Å². The third kappa shape index (κ3) is 7.48. The zero-order valence-corrected chi connectivity index (χ0v) is 14.6. The van der Waals surface area contributed by atoms with Gasteiger partial charge in [-0.1, -0.05) is 0 Å². The maximum Gasteiger partial charge on any atom is 0.407 e. The van der Waals surface area contributed by atoms with Gasteiger partial charge >= 0.3 is 6.09 Å². The molecule has 0 aromatic heterocycles. The molecule has 0 unspecified atom stereocenters. The predicted molar refractivity (Wildman–Crippen MR) is 87.6 cm³/mol. The van der Waals surface area contributed by atoms with Crippen LogP contribution in [-0.4, -0.2) is 73.9 Å². The smallest absolute Gasteiger partial charge is 0.407 e. The van der Waals surface area contributed by atoms with Crippen LogP contribution in [0.5, 0.6) is 0 Å². The van der Waals surface area contributed by atoms with Crippen molar-refractivity contribution in [2.75, 3.05) is 46.2 Å². The summed E-state index contributed by atoms with van der Waals surface area (Å²) in [6, 6.07) is 0.108. The summed E-state index contributed by atoms with van der Waals surface area (Å²) in [5.41, 5.74) is 4.94. The summed E-state index contributed by atoms with van der Waals surface area (Å²) in [6.45, 7) is 9.75. The molecule has 0 heterocycles. The number of ether oxygens (including phenoxy) is 3. The van der Waals surface area contributed by atoms with Gasteiger partial charge in [0.15, 0.2) is 0 Å². The molecule has 7 heteroatoms. The highest BCUT2D eigenvalue weighted by atomic mass is 16.5. The number of amides is 1. The van der Waals surface area contributed by atoms with E-state index < -0.39 is 6.09 Å². The molecule has 3 N–H and O–H groups in total. The number of hydrogen-bond acceptors (Lipinski definition) is 5. The lowest BCUT2D eigenvalue weighted by atomic mass is 9.78. The van der Waals surface area contributed by atoms with E-state index in [9.17, 15) is 9.90 Å². The van der Waals surface area contributed by atoms with Crippen molar-refractivity contribution in [2.24, 2.45) is 11.7 Å². The van der Waals surface area contributed by atoms with Gasteiger partial charge in [-0.3, -0.25) is 0 Å². The molecule has 1 aliphatic rings. The Bertz CT molecular complexity index is 340. The molecule has 1 fully saturated rings. The third-order valence-corrected chi connectivity index (χ3v) is 3.86. The first-order valence-electron chi connectivity index (χ1n) is 8.31. The summed E-state index contributed by atoms with van der Waals surface area (Å²) >= 11 is 0. The van der Waals surface area contributed by atoms with Crippen LogP contribution in [0.1, 0.15) is 33.6 Å². The maximum absolute atomic E-state index is 11.4. The summed E-state index contributed by atoms with van der Waals surface area (Å²) in [6.07, 6.45) is 0.904. The first-order chi connectivity index (χ1) is 10.9. The van der Waals surface area contributed by atoms with Gasteiger partial charge in [0.1, 0.15) is 0 Å². The summed E-state index contributed by atoms with van der Waals surface area (Å²) in [5.74, 6) is 0.442. The number of nitrogens with zero attached hydrogens (tertiary/aromatic N) is 1. The lowest BCUT2D eigenvalue weighted by molar-refractivity contribution is -0.0285. The van der Waals surface area contributed by atoms with Crippen LogP contribution < -0.4 is 5.73 Å². The Balaban J connectivity index is 2.02. The molecule has 0 atom stereocenters. The summed E-state index contributed by atoms with van der Waals surface area (Å²) < 4.78 is 16.2. The van der Waals surface area contributed by atoms with Crippen molar-refractivity contribution in [3.8, 4) is 0 Å². The molecule has 0 spiro atoms. The predicted octanol–water partition coefficient (Wildman–Crippen LogP) is 1.55. The van der Waals surface area contributed by atoms with E-state index in [0.717, 1.165) is 12.8 Å². The van der Waals surface area contributed by atoms with Gasteiger partial charge in [-0.05, 0) is 39.5 Å². The quantitative estimate of drug-likeness (QED) is 0.558. The molecule has 136 valence electrons. The van der Waals surface area contributed by atoms with Crippen LogP contribution in [0.3, 0.4) is 0 Å². The maximum atomic E-state index is 11.4. The fourth-order valence-corrected chi connectivity index (χ4v) is 2.81. The highest BCUT2D eigenvalue weighted by Gasteiger charge is 2.41. The molecule has 1 amide bonds. The van der Waals surface area contributed by atoms with Crippen molar-refractivity contribution in [1.29, 1.82) is 0 Å². The van der Waals surface area contributed by atoms with Crippen molar-refractivity contribution < 1.29 is 24.1 Å². The number of rotatable bonds is 11. The number of carbonyl (C=O) groups is 1. The van der Waals surface area contributed by atoms with Gasteiger partial charge < -0.3 is 30.0 Å². The molecule has 0 bridgehead atoms. The summed E-state index contributed by atoms with van der Waals surface area (Å²) in [4.78, 5) is 12.9. The van der Waals surface area contributed by atoms with E-state index in [1.54, 1.807) is 4.90 Å². The molecule has 1 rings (SSSR count). The molecule has 1 aliphatic carbocycles. The molecular formula is C16H32N2O5. The fraction of sp³-hybridized carbons (Fsp3) is 0.938. The molecule has 23 heavy (non-hydrogen) atoms. The average Bonchev–Trinajstić information content (AvgIpc) is 2.40. The van der Waals surface area contributed by atoms with E-state index in [1.165, 1.54) is 0 Å². The molecular weight excluding hydrogens is 300 g/mol. The Morgan fingerprint density at radius 2 is 1.61 bits per heavy atom. The van der Waals surface area contributed by atoms with Crippen molar-refractivity contribution in [2.45, 2.75) is 45.2 Å². The zero-order valence-electron chi connectivity index (χ0n) is 14.6. The van der Waals surface area contributed by atoms with E-state index in [4.69, 9.17) is 19.9 Å². The van der Waals surface area contributed by atoms with Crippen LogP contribution in [0.15, 0.2) is 0 Å². The molecule has 0 aromatic rings. The van der Waals surface area contributed by atoms with Gasteiger partial charge in [-0.2, -0.15) is 0 Å². The largest absolute Gasteiger partial charge is 0.465 e. The molecule has 0 aromatic carbocycles. The van der Waals surface area contributed by atoms with Crippen LogP contribution in [0.4, 0.5) is 4.79 Å². The minimum Gasteiger partial charge on any atom is -0.465 e. The van der Waals surface area contributed by atoms with Crippen LogP contribution in [0.25, 0.3) is 0 Å².